The first-order valence-corrected chi connectivity index (χ1v) is 12.0. The molecular formula is C18H20F2N2O6S2. The van der Waals surface area contributed by atoms with Crippen molar-refractivity contribution in [2.45, 2.75) is 36.5 Å². The molecule has 1 heterocycles. The standard InChI is InChI=1S/C18H20F2N2O6S2/c1-4-29(25,26)13-7-6-8-14(30(27,28)5-2)16(13)17(23)21-15-10-9-12(11-22(15)24)18(3,19)20/h6-11,24H,4-5H2,1-3H3. The van der Waals surface area contributed by atoms with Crippen molar-refractivity contribution in [2.75, 3.05) is 11.5 Å². The van der Waals surface area contributed by atoms with Gasteiger partial charge in [0.1, 0.15) is 0 Å². The Balaban J connectivity index is 2.80. The Labute approximate surface area is 172 Å². The molecule has 0 aliphatic rings. The molecule has 0 radical (unpaired) electrons. The summed E-state index contributed by atoms with van der Waals surface area (Å²) in [4.78, 5) is 15.4. The van der Waals surface area contributed by atoms with E-state index in [0.717, 1.165) is 24.3 Å². The highest BCUT2D eigenvalue weighted by Gasteiger charge is 2.29. The molecule has 0 aliphatic heterocycles. The number of nitrogens with zero attached hydrogens (tertiary/aromatic N) is 2. The number of sulfone groups is 2. The summed E-state index contributed by atoms with van der Waals surface area (Å²) in [6.45, 7) is 3.26. The van der Waals surface area contributed by atoms with Crippen molar-refractivity contribution in [3.05, 3.63) is 53.1 Å². The van der Waals surface area contributed by atoms with Gasteiger partial charge in [0.2, 0.25) is 0 Å². The van der Waals surface area contributed by atoms with Gasteiger partial charge < -0.3 is 5.21 Å². The molecule has 0 atom stereocenters. The number of rotatable bonds is 6. The number of alkyl halides is 2. The number of pyridine rings is 1. The Morgan fingerprint density at radius 3 is 1.93 bits per heavy atom. The molecule has 1 N–H and O–H groups in total. The lowest BCUT2D eigenvalue weighted by atomic mass is 10.2. The van der Waals surface area contributed by atoms with Crippen LogP contribution < -0.4 is 5.49 Å². The molecule has 2 aromatic rings. The zero-order valence-electron chi connectivity index (χ0n) is 16.3. The van der Waals surface area contributed by atoms with Crippen molar-refractivity contribution in [3.63, 3.8) is 0 Å². The van der Waals surface area contributed by atoms with Gasteiger partial charge >= 0.3 is 0 Å². The maximum absolute atomic E-state index is 13.4. The minimum Gasteiger partial charge on any atom is -0.427 e. The molecule has 0 fully saturated rings. The molecule has 1 aromatic carbocycles. The minimum absolute atomic E-state index is 0.176. The van der Waals surface area contributed by atoms with E-state index in [1.807, 2.05) is 0 Å². The molecule has 12 heteroatoms. The van der Waals surface area contributed by atoms with Crippen molar-refractivity contribution in [1.82, 2.24) is 4.73 Å². The number of carbonyl (C=O) groups is 1. The Bertz CT molecular complexity index is 1210. The Morgan fingerprint density at radius 1 is 1.03 bits per heavy atom. The lowest BCUT2D eigenvalue weighted by Gasteiger charge is -2.13. The van der Waals surface area contributed by atoms with Crippen LogP contribution in [0.25, 0.3) is 0 Å². The molecular weight excluding hydrogens is 442 g/mol. The lowest BCUT2D eigenvalue weighted by molar-refractivity contribution is 0.0145. The number of aromatic nitrogens is 1. The molecule has 0 unspecified atom stereocenters. The van der Waals surface area contributed by atoms with Crippen LogP contribution in [0.4, 0.5) is 8.78 Å². The van der Waals surface area contributed by atoms with Crippen LogP contribution in [0.2, 0.25) is 0 Å². The van der Waals surface area contributed by atoms with Crippen LogP contribution in [0.3, 0.4) is 0 Å². The SMILES string of the molecule is CCS(=O)(=O)c1cccc(S(=O)(=O)CC)c1C(=O)N=c1ccc(C(C)(F)F)cn1O. The molecule has 8 nitrogen and oxygen atoms in total. The molecule has 1 aromatic heterocycles. The number of halogens is 2. The summed E-state index contributed by atoms with van der Waals surface area (Å²) in [6.07, 6.45) is 0.643. The second kappa shape index (κ2) is 8.26. The quantitative estimate of drug-likeness (QED) is 0.657. The average Bonchev–Trinajstić information content (AvgIpc) is 2.68. The topological polar surface area (TPSA) is 123 Å². The first-order valence-electron chi connectivity index (χ1n) is 8.72. The molecule has 0 saturated carbocycles. The van der Waals surface area contributed by atoms with E-state index in [2.05, 4.69) is 4.99 Å². The maximum atomic E-state index is 13.4. The summed E-state index contributed by atoms with van der Waals surface area (Å²) in [5.74, 6) is -5.32. The van der Waals surface area contributed by atoms with Crippen molar-refractivity contribution in [2.24, 2.45) is 4.99 Å². The second-order valence-corrected chi connectivity index (χ2v) is 10.9. The van der Waals surface area contributed by atoms with Gasteiger partial charge in [0, 0.05) is 12.5 Å². The van der Waals surface area contributed by atoms with E-state index in [-0.39, 0.29) is 4.73 Å². The summed E-state index contributed by atoms with van der Waals surface area (Å²) in [5, 5.41) is 9.90. The van der Waals surface area contributed by atoms with Gasteiger partial charge in [-0.1, -0.05) is 19.9 Å². The van der Waals surface area contributed by atoms with Gasteiger partial charge in [-0.3, -0.25) is 4.79 Å². The molecule has 0 saturated heterocycles. The third kappa shape index (κ3) is 4.75. The molecule has 0 spiro atoms. The first kappa shape index (κ1) is 23.7. The van der Waals surface area contributed by atoms with Crippen molar-refractivity contribution in [3.8, 4) is 0 Å². The van der Waals surface area contributed by atoms with Gasteiger partial charge in [-0.2, -0.15) is 9.72 Å². The van der Waals surface area contributed by atoms with Crippen LogP contribution in [-0.4, -0.2) is 44.2 Å². The number of hydrogen-bond acceptors (Lipinski definition) is 6. The Kier molecular flexibility index (Phi) is 6.52. The third-order valence-electron chi connectivity index (χ3n) is 4.26. The largest absolute Gasteiger partial charge is 0.427 e. The highest BCUT2D eigenvalue weighted by molar-refractivity contribution is 7.92. The van der Waals surface area contributed by atoms with Crippen LogP contribution in [-0.2, 0) is 25.6 Å². The fourth-order valence-corrected chi connectivity index (χ4v) is 4.82. The van der Waals surface area contributed by atoms with Crippen molar-refractivity contribution < 1.29 is 35.6 Å². The van der Waals surface area contributed by atoms with Crippen LogP contribution in [0.1, 0.15) is 36.7 Å². The van der Waals surface area contributed by atoms with Gasteiger partial charge in [-0.15, -0.1) is 0 Å². The van der Waals surface area contributed by atoms with Gasteiger partial charge in [0.15, 0.2) is 25.2 Å². The van der Waals surface area contributed by atoms with Crippen LogP contribution in [0.5, 0.6) is 0 Å². The summed E-state index contributed by atoms with van der Waals surface area (Å²) in [5.41, 5.74) is -1.71. The monoisotopic (exact) mass is 462 g/mol. The summed E-state index contributed by atoms with van der Waals surface area (Å²) in [7, 11) is -8.01. The third-order valence-corrected chi connectivity index (χ3v) is 7.80. The number of amides is 1. The number of carbonyl (C=O) groups excluding carboxylic acids is 1. The first-order chi connectivity index (χ1) is 13.7. The molecule has 164 valence electrons. The average molecular weight is 462 g/mol. The Morgan fingerprint density at radius 2 is 1.53 bits per heavy atom. The van der Waals surface area contributed by atoms with Crippen LogP contribution >= 0.6 is 0 Å². The van der Waals surface area contributed by atoms with E-state index >= 15 is 0 Å². The predicted molar refractivity (Wildman–Crippen MR) is 103 cm³/mol. The Hall–Kier alpha value is -2.60. The van der Waals surface area contributed by atoms with Gasteiger partial charge in [0.05, 0.1) is 33.1 Å². The molecule has 30 heavy (non-hydrogen) atoms. The second-order valence-electron chi connectivity index (χ2n) is 6.36. The molecule has 1 amide bonds. The van der Waals surface area contributed by atoms with E-state index in [0.29, 0.717) is 13.1 Å². The number of benzene rings is 1. The predicted octanol–water partition coefficient (Wildman–Crippen LogP) is 2.17. The van der Waals surface area contributed by atoms with E-state index < -0.39 is 69.4 Å². The normalized spacial score (nSPS) is 13.4. The zero-order chi connectivity index (χ0) is 22.9. The molecule has 0 bridgehead atoms. The van der Waals surface area contributed by atoms with E-state index in [1.54, 1.807) is 0 Å². The molecule has 0 aliphatic carbocycles. The fourth-order valence-electron chi connectivity index (χ4n) is 2.54. The van der Waals surface area contributed by atoms with E-state index in [9.17, 15) is 35.6 Å². The van der Waals surface area contributed by atoms with Crippen molar-refractivity contribution >= 4 is 25.6 Å². The van der Waals surface area contributed by atoms with Crippen LogP contribution in [0.15, 0.2) is 51.3 Å². The minimum atomic E-state index is -4.01. The number of hydrogen-bond donors (Lipinski definition) is 1. The molecule has 2 rings (SSSR count). The van der Waals surface area contributed by atoms with Crippen LogP contribution in [0, 0.1) is 0 Å². The highest BCUT2D eigenvalue weighted by atomic mass is 32.2. The summed E-state index contributed by atoms with van der Waals surface area (Å²) >= 11 is 0. The maximum Gasteiger partial charge on any atom is 0.281 e. The zero-order valence-corrected chi connectivity index (χ0v) is 18.0. The van der Waals surface area contributed by atoms with E-state index in [4.69, 9.17) is 0 Å². The van der Waals surface area contributed by atoms with Gasteiger partial charge in [-0.25, -0.2) is 25.6 Å². The summed E-state index contributed by atoms with van der Waals surface area (Å²) < 4.78 is 76.7. The van der Waals surface area contributed by atoms with Gasteiger partial charge in [-0.05, 0) is 24.3 Å². The fraction of sp³-hybridized carbons (Fsp3) is 0.333. The lowest BCUT2D eigenvalue weighted by Crippen LogP contribution is -2.24. The van der Waals surface area contributed by atoms with E-state index in [1.165, 1.54) is 19.9 Å². The smallest absolute Gasteiger partial charge is 0.281 e. The summed E-state index contributed by atoms with van der Waals surface area (Å²) in [6, 6.07) is 5.23. The van der Waals surface area contributed by atoms with Crippen molar-refractivity contribution in [1.29, 1.82) is 0 Å². The van der Waals surface area contributed by atoms with Gasteiger partial charge in [0.25, 0.3) is 11.8 Å². The highest BCUT2D eigenvalue weighted by Crippen LogP contribution is 2.27.